The first-order valence-corrected chi connectivity index (χ1v) is 9.81. The summed E-state index contributed by atoms with van der Waals surface area (Å²) in [7, 11) is 0. The average molecular weight is 373 g/mol. The zero-order valence-corrected chi connectivity index (χ0v) is 15.5. The molecule has 0 aliphatic heterocycles. The molecule has 0 spiro atoms. The number of nitrogens with zero attached hydrogens (tertiary/aromatic N) is 2. The maximum Gasteiger partial charge on any atom is 0.280 e. The largest absolute Gasteiger partial charge is 0.505 e. The van der Waals surface area contributed by atoms with Crippen molar-refractivity contribution in [2.24, 2.45) is 0 Å². The van der Waals surface area contributed by atoms with Gasteiger partial charge in [0.2, 0.25) is 0 Å². The van der Waals surface area contributed by atoms with Gasteiger partial charge in [0.25, 0.3) is 5.56 Å². The van der Waals surface area contributed by atoms with Gasteiger partial charge in [-0.05, 0) is 30.1 Å². The maximum atomic E-state index is 12.2. The van der Waals surface area contributed by atoms with E-state index in [9.17, 15) is 9.90 Å². The molecule has 0 bridgehead atoms. The minimum Gasteiger partial charge on any atom is -0.505 e. The topological polar surface area (TPSA) is 55.1 Å². The summed E-state index contributed by atoms with van der Waals surface area (Å²) >= 11 is 8.72. The summed E-state index contributed by atoms with van der Waals surface area (Å²) < 4.78 is 2.38. The van der Waals surface area contributed by atoms with E-state index in [2.05, 4.69) is 11.9 Å². The maximum absolute atomic E-state index is 12.2. The van der Waals surface area contributed by atoms with Crippen molar-refractivity contribution in [3.05, 3.63) is 33.7 Å². The monoisotopic (exact) mass is 372 g/mol. The molecule has 0 amide bonds. The number of pyridine rings is 1. The van der Waals surface area contributed by atoms with Crippen LogP contribution in [0, 0.1) is 0 Å². The third-order valence-electron chi connectivity index (χ3n) is 3.44. The van der Waals surface area contributed by atoms with Crippen molar-refractivity contribution in [2.75, 3.05) is 0 Å². The molecule has 2 aromatic rings. The van der Waals surface area contributed by atoms with Crippen LogP contribution in [0.4, 0.5) is 0 Å². The van der Waals surface area contributed by atoms with Crippen LogP contribution >= 0.6 is 34.9 Å². The van der Waals surface area contributed by atoms with Crippen LogP contribution in [0.3, 0.4) is 0 Å². The fourth-order valence-corrected chi connectivity index (χ4v) is 4.60. The van der Waals surface area contributed by atoms with E-state index < -0.39 is 0 Å². The molecule has 23 heavy (non-hydrogen) atoms. The van der Waals surface area contributed by atoms with E-state index in [0.717, 1.165) is 12.8 Å². The van der Waals surface area contributed by atoms with Crippen molar-refractivity contribution >= 4 is 34.9 Å². The smallest absolute Gasteiger partial charge is 0.280 e. The van der Waals surface area contributed by atoms with Crippen molar-refractivity contribution < 1.29 is 5.11 Å². The van der Waals surface area contributed by atoms with Crippen molar-refractivity contribution in [3.63, 3.8) is 0 Å². The Morgan fingerprint density at radius 2 is 2.04 bits per heavy atom. The third-order valence-corrected chi connectivity index (χ3v) is 6.33. The lowest BCUT2D eigenvalue weighted by atomic mass is 10.1. The van der Waals surface area contributed by atoms with E-state index in [1.54, 1.807) is 22.3 Å². The normalized spacial score (nSPS) is 11.0. The minimum absolute atomic E-state index is 0.0943. The Hall–Kier alpha value is -0.980. The highest BCUT2D eigenvalue weighted by molar-refractivity contribution is 8.01. The Bertz CT molecular complexity index is 685. The molecule has 4 nitrogen and oxygen atoms in total. The van der Waals surface area contributed by atoms with Crippen LogP contribution in [-0.2, 0) is 6.54 Å². The second-order valence-electron chi connectivity index (χ2n) is 5.30. The number of aryl methyl sites for hydroxylation is 1. The Labute approximate surface area is 149 Å². The summed E-state index contributed by atoms with van der Waals surface area (Å²) in [5.41, 5.74) is -0.150. The molecule has 126 valence electrons. The predicted molar refractivity (Wildman–Crippen MR) is 97.0 cm³/mol. The van der Waals surface area contributed by atoms with E-state index >= 15 is 0 Å². The lowest BCUT2D eigenvalue weighted by Gasteiger charge is -2.01. The second kappa shape index (κ2) is 9.35. The molecule has 2 heterocycles. The van der Waals surface area contributed by atoms with Crippen LogP contribution in [0.2, 0.25) is 5.02 Å². The molecule has 0 fully saturated rings. The van der Waals surface area contributed by atoms with Gasteiger partial charge in [-0.2, -0.15) is 0 Å². The van der Waals surface area contributed by atoms with Gasteiger partial charge in [0.05, 0.1) is 0 Å². The molecule has 0 unspecified atom stereocenters. The van der Waals surface area contributed by atoms with Crippen LogP contribution in [0.1, 0.15) is 45.4 Å². The Morgan fingerprint density at radius 1 is 1.30 bits per heavy atom. The molecule has 0 radical (unpaired) electrons. The standard InChI is InChI=1S/C16H21ClN2O2S2/c1-2-3-4-5-6-7-11-19-15(21)13(17)16(23-19)22-14-12(20)9-8-10-18-14/h8-10,20H,2-7,11H2,1H3. The summed E-state index contributed by atoms with van der Waals surface area (Å²) in [6, 6.07) is 3.23. The number of aromatic hydroxyl groups is 1. The molecular weight excluding hydrogens is 352 g/mol. The minimum atomic E-state index is -0.150. The fraction of sp³-hybridized carbons (Fsp3) is 0.500. The molecule has 1 N–H and O–H groups in total. The summed E-state index contributed by atoms with van der Waals surface area (Å²) in [6.45, 7) is 2.90. The lowest BCUT2D eigenvalue weighted by Crippen LogP contribution is -2.13. The van der Waals surface area contributed by atoms with E-state index in [0.29, 0.717) is 15.8 Å². The van der Waals surface area contributed by atoms with Crippen LogP contribution in [0.15, 0.2) is 32.4 Å². The molecule has 2 rings (SSSR count). The molecule has 7 heteroatoms. The highest BCUT2D eigenvalue weighted by Gasteiger charge is 2.16. The van der Waals surface area contributed by atoms with E-state index in [-0.39, 0.29) is 16.3 Å². The SMILES string of the molecule is CCCCCCCCn1sc(Sc2ncccc2O)c(Cl)c1=O. The first-order valence-electron chi connectivity index (χ1n) is 7.85. The van der Waals surface area contributed by atoms with Crippen LogP contribution < -0.4 is 5.56 Å². The summed E-state index contributed by atoms with van der Waals surface area (Å²) in [4.78, 5) is 16.3. The predicted octanol–water partition coefficient (Wildman–Crippen LogP) is 5.18. The van der Waals surface area contributed by atoms with E-state index in [4.69, 9.17) is 11.6 Å². The van der Waals surface area contributed by atoms with Crippen molar-refractivity contribution in [2.45, 2.75) is 61.2 Å². The summed E-state index contributed by atoms with van der Waals surface area (Å²) in [6.07, 6.45) is 8.71. The number of aromatic nitrogens is 2. The molecule has 0 saturated heterocycles. The Morgan fingerprint density at radius 3 is 2.78 bits per heavy atom. The van der Waals surface area contributed by atoms with Crippen molar-refractivity contribution in [3.8, 4) is 5.75 Å². The Balaban J connectivity index is 1.96. The summed E-state index contributed by atoms with van der Waals surface area (Å²) in [5.74, 6) is 0.0943. The van der Waals surface area contributed by atoms with Gasteiger partial charge >= 0.3 is 0 Å². The number of hydrogen-bond donors (Lipinski definition) is 1. The zero-order valence-electron chi connectivity index (χ0n) is 13.1. The van der Waals surface area contributed by atoms with Gasteiger partial charge < -0.3 is 5.11 Å². The van der Waals surface area contributed by atoms with Gasteiger partial charge in [-0.25, -0.2) is 4.98 Å². The van der Waals surface area contributed by atoms with Gasteiger partial charge in [-0.1, -0.05) is 62.4 Å². The second-order valence-corrected chi connectivity index (χ2v) is 7.96. The van der Waals surface area contributed by atoms with Crippen LogP contribution in [0.5, 0.6) is 5.75 Å². The highest BCUT2D eigenvalue weighted by atomic mass is 35.5. The molecular formula is C16H21ClN2O2S2. The quantitative estimate of drug-likeness (QED) is 0.616. The van der Waals surface area contributed by atoms with Gasteiger partial charge in [0, 0.05) is 12.7 Å². The number of hydrogen-bond acceptors (Lipinski definition) is 5. The average Bonchev–Trinajstić information content (AvgIpc) is 2.81. The fourth-order valence-electron chi connectivity index (χ4n) is 2.17. The molecule has 0 aromatic carbocycles. The number of unbranched alkanes of at least 4 members (excludes halogenated alkanes) is 5. The van der Waals surface area contributed by atoms with Crippen molar-refractivity contribution in [1.29, 1.82) is 0 Å². The third kappa shape index (κ3) is 5.26. The Kier molecular flexibility index (Phi) is 7.46. The van der Waals surface area contributed by atoms with Crippen molar-refractivity contribution in [1.82, 2.24) is 8.94 Å². The van der Waals surface area contributed by atoms with Gasteiger partial charge in [0.1, 0.15) is 20.0 Å². The first kappa shape index (κ1) is 18.4. The lowest BCUT2D eigenvalue weighted by molar-refractivity contribution is 0.457. The molecule has 0 aliphatic rings. The van der Waals surface area contributed by atoms with Crippen LogP contribution in [0.25, 0.3) is 0 Å². The molecule has 0 aliphatic carbocycles. The van der Waals surface area contributed by atoms with E-state index in [1.165, 1.54) is 49.0 Å². The molecule has 0 saturated carbocycles. The highest BCUT2D eigenvalue weighted by Crippen LogP contribution is 2.37. The zero-order chi connectivity index (χ0) is 16.7. The molecule has 0 atom stereocenters. The number of halogens is 1. The van der Waals surface area contributed by atoms with Crippen LogP contribution in [-0.4, -0.2) is 14.0 Å². The van der Waals surface area contributed by atoms with Gasteiger partial charge in [-0.3, -0.25) is 8.75 Å². The molecule has 2 aromatic heterocycles. The number of rotatable bonds is 9. The van der Waals surface area contributed by atoms with E-state index in [1.807, 2.05) is 0 Å². The van der Waals surface area contributed by atoms with Gasteiger partial charge in [0.15, 0.2) is 0 Å². The summed E-state index contributed by atoms with van der Waals surface area (Å²) in [5, 5.41) is 10.5. The van der Waals surface area contributed by atoms with Gasteiger partial charge in [-0.15, -0.1) is 0 Å². The first-order chi connectivity index (χ1) is 11.1.